The first-order valence-corrected chi connectivity index (χ1v) is 11.9. The molecule has 2 aromatic carbocycles. The molecule has 1 N–H and O–H groups in total. The van der Waals surface area contributed by atoms with E-state index in [-0.39, 0.29) is 0 Å². The van der Waals surface area contributed by atoms with Crippen molar-refractivity contribution in [1.82, 2.24) is 4.98 Å². The van der Waals surface area contributed by atoms with Gasteiger partial charge in [-0.05, 0) is 60.9 Å². The molecule has 0 radical (unpaired) electrons. The minimum absolute atomic E-state index is 0.295. The molecule has 0 aliphatic heterocycles. The van der Waals surface area contributed by atoms with Gasteiger partial charge in [-0.25, -0.2) is 0 Å². The quantitative estimate of drug-likeness (QED) is 0.342. The van der Waals surface area contributed by atoms with Gasteiger partial charge in [0.1, 0.15) is 0 Å². The number of anilines is 1. The van der Waals surface area contributed by atoms with E-state index in [1.54, 1.807) is 12.4 Å². The van der Waals surface area contributed by atoms with Crippen molar-refractivity contribution in [2.24, 2.45) is 0 Å². The zero-order valence-electron chi connectivity index (χ0n) is 16.4. The van der Waals surface area contributed by atoms with Crippen LogP contribution in [0.3, 0.4) is 0 Å². The number of benzene rings is 2. The largest absolute Gasteiger partial charge is 0.368 e. The first-order chi connectivity index (χ1) is 14.1. The lowest BCUT2D eigenvalue weighted by Gasteiger charge is -2.28. The fraction of sp³-hybridized carbons (Fsp3) is 0.227. The van der Waals surface area contributed by atoms with E-state index >= 15 is 0 Å². The Morgan fingerprint density at radius 2 is 1.59 bits per heavy atom. The van der Waals surface area contributed by atoms with Crippen LogP contribution in [0.5, 0.6) is 0 Å². The Morgan fingerprint density at radius 1 is 0.966 bits per heavy atom. The van der Waals surface area contributed by atoms with Crippen molar-refractivity contribution < 1.29 is 13.6 Å². The summed E-state index contributed by atoms with van der Waals surface area (Å²) in [5.74, 6) is -0.636. The molecule has 0 amide bonds. The van der Waals surface area contributed by atoms with Crippen molar-refractivity contribution in [3.8, 4) is 11.1 Å². The Kier molecular flexibility index (Phi) is 7.62. The van der Waals surface area contributed by atoms with Crippen LogP contribution in [0.2, 0.25) is 0 Å². The molecular formula is C22H24BrN2O3P. The number of hydrogen-bond donors (Lipinski definition) is 1. The standard InChI is InChI=1S/C22H24BrN2O3P/c1-3-27-29(26,28-4-2)22(25-21-7-5-6-20(23)16-21)19-10-8-17(9-11-19)18-12-14-24-15-13-18/h5-16,22,25H,3-4H2,1-2H3. The third kappa shape index (κ3) is 5.55. The highest BCUT2D eigenvalue weighted by Crippen LogP contribution is 2.60. The Bertz CT molecular complexity index is 957. The normalized spacial score (nSPS) is 12.5. The molecule has 0 spiro atoms. The van der Waals surface area contributed by atoms with Gasteiger partial charge in [0.15, 0.2) is 5.78 Å². The van der Waals surface area contributed by atoms with Crippen LogP contribution in [0.4, 0.5) is 5.69 Å². The highest BCUT2D eigenvalue weighted by molar-refractivity contribution is 9.10. The number of nitrogens with zero attached hydrogens (tertiary/aromatic N) is 1. The van der Waals surface area contributed by atoms with Crippen LogP contribution in [0, 0.1) is 0 Å². The molecule has 152 valence electrons. The van der Waals surface area contributed by atoms with Crippen molar-refractivity contribution in [2.75, 3.05) is 18.5 Å². The second-order valence-corrected chi connectivity index (χ2v) is 9.32. The second-order valence-electron chi connectivity index (χ2n) is 6.29. The van der Waals surface area contributed by atoms with Crippen LogP contribution in [0.1, 0.15) is 25.2 Å². The van der Waals surface area contributed by atoms with Gasteiger partial charge in [0, 0.05) is 22.6 Å². The van der Waals surface area contributed by atoms with Crippen molar-refractivity contribution >= 4 is 29.2 Å². The van der Waals surface area contributed by atoms with Gasteiger partial charge in [-0.1, -0.05) is 46.3 Å². The average Bonchev–Trinajstić information content (AvgIpc) is 2.73. The van der Waals surface area contributed by atoms with Crippen molar-refractivity contribution in [3.63, 3.8) is 0 Å². The van der Waals surface area contributed by atoms with E-state index in [1.165, 1.54) is 0 Å². The summed E-state index contributed by atoms with van der Waals surface area (Å²) < 4.78 is 25.9. The average molecular weight is 475 g/mol. The van der Waals surface area contributed by atoms with E-state index in [0.717, 1.165) is 26.9 Å². The molecule has 5 nitrogen and oxygen atoms in total. The van der Waals surface area contributed by atoms with Crippen molar-refractivity contribution in [2.45, 2.75) is 19.6 Å². The molecule has 0 saturated heterocycles. The van der Waals surface area contributed by atoms with Gasteiger partial charge in [0.05, 0.1) is 13.2 Å². The molecule has 1 aromatic heterocycles. The van der Waals surface area contributed by atoms with E-state index in [2.05, 4.69) is 26.2 Å². The van der Waals surface area contributed by atoms with Crippen molar-refractivity contribution in [1.29, 1.82) is 0 Å². The number of halogens is 1. The van der Waals surface area contributed by atoms with E-state index in [9.17, 15) is 4.57 Å². The fourth-order valence-electron chi connectivity index (χ4n) is 3.03. The van der Waals surface area contributed by atoms with Crippen LogP contribution in [-0.4, -0.2) is 18.2 Å². The summed E-state index contributed by atoms with van der Waals surface area (Å²) in [6, 6.07) is 19.5. The van der Waals surface area contributed by atoms with E-state index < -0.39 is 13.4 Å². The lowest BCUT2D eigenvalue weighted by Crippen LogP contribution is -2.15. The van der Waals surface area contributed by atoms with E-state index in [0.29, 0.717) is 13.2 Å². The summed E-state index contributed by atoms with van der Waals surface area (Å²) >= 11 is 3.48. The van der Waals surface area contributed by atoms with E-state index in [4.69, 9.17) is 9.05 Å². The van der Waals surface area contributed by atoms with Gasteiger partial charge >= 0.3 is 7.60 Å². The molecule has 3 rings (SSSR count). The Morgan fingerprint density at radius 3 is 2.17 bits per heavy atom. The van der Waals surface area contributed by atoms with Crippen LogP contribution in [0.25, 0.3) is 11.1 Å². The minimum Gasteiger partial charge on any atom is -0.368 e. The van der Waals surface area contributed by atoms with Gasteiger partial charge in [-0.15, -0.1) is 0 Å². The zero-order chi connectivity index (χ0) is 20.7. The zero-order valence-corrected chi connectivity index (χ0v) is 18.9. The summed E-state index contributed by atoms with van der Waals surface area (Å²) in [5, 5.41) is 3.35. The Hall–Kier alpha value is -1.98. The molecule has 3 aromatic rings. The van der Waals surface area contributed by atoms with E-state index in [1.807, 2.05) is 74.5 Å². The molecule has 0 saturated carbocycles. The fourth-order valence-corrected chi connectivity index (χ4v) is 5.37. The molecule has 1 atom stereocenters. The SMILES string of the molecule is CCOP(=O)(OCC)C(Nc1cccc(Br)c1)c1ccc(-c2ccncc2)cc1. The molecule has 1 heterocycles. The Balaban J connectivity index is 1.98. The van der Waals surface area contributed by atoms with Crippen LogP contribution in [-0.2, 0) is 13.6 Å². The molecular weight excluding hydrogens is 451 g/mol. The second kappa shape index (κ2) is 10.2. The highest BCUT2D eigenvalue weighted by atomic mass is 79.9. The lowest BCUT2D eigenvalue weighted by atomic mass is 10.1. The molecule has 7 heteroatoms. The summed E-state index contributed by atoms with van der Waals surface area (Å²) in [6.07, 6.45) is 3.53. The van der Waals surface area contributed by atoms with Crippen LogP contribution < -0.4 is 5.32 Å². The summed E-state index contributed by atoms with van der Waals surface area (Å²) in [7, 11) is -3.46. The maximum absolute atomic E-state index is 13.6. The number of rotatable bonds is 9. The number of hydrogen-bond acceptors (Lipinski definition) is 5. The third-order valence-electron chi connectivity index (χ3n) is 4.30. The van der Waals surface area contributed by atoms with Crippen LogP contribution in [0.15, 0.2) is 77.5 Å². The maximum atomic E-state index is 13.6. The van der Waals surface area contributed by atoms with Gasteiger partial charge in [-0.3, -0.25) is 9.55 Å². The van der Waals surface area contributed by atoms with Crippen LogP contribution >= 0.6 is 23.5 Å². The highest BCUT2D eigenvalue weighted by Gasteiger charge is 2.37. The molecule has 0 fully saturated rings. The topological polar surface area (TPSA) is 60.5 Å². The van der Waals surface area contributed by atoms with Gasteiger partial charge in [0.25, 0.3) is 0 Å². The Labute approximate surface area is 180 Å². The van der Waals surface area contributed by atoms with Gasteiger partial charge in [-0.2, -0.15) is 0 Å². The smallest absolute Gasteiger partial charge is 0.357 e. The first kappa shape index (κ1) is 21.7. The van der Waals surface area contributed by atoms with Gasteiger partial charge < -0.3 is 14.4 Å². The third-order valence-corrected chi connectivity index (χ3v) is 7.09. The maximum Gasteiger partial charge on any atom is 0.357 e. The minimum atomic E-state index is -3.46. The van der Waals surface area contributed by atoms with Gasteiger partial charge in [0.2, 0.25) is 0 Å². The number of nitrogens with one attached hydrogen (secondary N) is 1. The lowest BCUT2D eigenvalue weighted by molar-refractivity contribution is 0.214. The molecule has 29 heavy (non-hydrogen) atoms. The number of aromatic nitrogens is 1. The summed E-state index contributed by atoms with van der Waals surface area (Å²) in [4.78, 5) is 4.06. The molecule has 0 bridgehead atoms. The summed E-state index contributed by atoms with van der Waals surface area (Å²) in [5.41, 5.74) is 3.77. The molecule has 1 unspecified atom stereocenters. The molecule has 0 aliphatic carbocycles. The molecule has 0 aliphatic rings. The number of pyridine rings is 1. The summed E-state index contributed by atoms with van der Waals surface area (Å²) in [6.45, 7) is 4.22. The predicted molar refractivity (Wildman–Crippen MR) is 121 cm³/mol. The monoisotopic (exact) mass is 474 g/mol. The first-order valence-electron chi connectivity index (χ1n) is 9.47. The van der Waals surface area contributed by atoms with Crippen molar-refractivity contribution in [3.05, 3.63) is 83.1 Å². The predicted octanol–water partition coefficient (Wildman–Crippen LogP) is 6.89.